The van der Waals surface area contributed by atoms with Crippen molar-refractivity contribution in [2.24, 2.45) is 0 Å². The number of rotatable bonds is 8. The maximum atomic E-state index is 12.7. The Balaban J connectivity index is 1.68. The van der Waals surface area contributed by atoms with Crippen molar-refractivity contribution in [3.63, 3.8) is 0 Å². The largest absolute Gasteiger partial charge is 0.493 e. The number of carbonyl (C=O) groups excluding carboxylic acids is 3. The molecule has 1 aromatic heterocycles. The van der Waals surface area contributed by atoms with Crippen LogP contribution in [0.25, 0.3) is 6.08 Å². The summed E-state index contributed by atoms with van der Waals surface area (Å²) in [6, 6.07) is 6.77. The van der Waals surface area contributed by atoms with Crippen LogP contribution in [0.15, 0.2) is 35.4 Å². The monoisotopic (exact) mass is 457 g/mol. The van der Waals surface area contributed by atoms with Gasteiger partial charge in [0, 0.05) is 25.0 Å². The molecule has 0 saturated carbocycles. The number of aryl methyl sites for hydroxylation is 1. The number of benzene rings is 1. The zero-order valence-electron chi connectivity index (χ0n) is 18.1. The van der Waals surface area contributed by atoms with Crippen molar-refractivity contribution in [1.29, 1.82) is 0 Å². The summed E-state index contributed by atoms with van der Waals surface area (Å²) in [5, 5.41) is 2.29. The van der Waals surface area contributed by atoms with Crippen molar-refractivity contribution in [2.75, 3.05) is 34.4 Å². The minimum absolute atomic E-state index is 0.0578. The third-order valence-electron chi connectivity index (χ3n) is 4.65. The zero-order valence-corrected chi connectivity index (χ0v) is 18.9. The minimum atomic E-state index is -0.431. The quantitative estimate of drug-likeness (QED) is 0.603. The number of nitrogens with one attached hydrogen (secondary N) is 1. The number of nitrogens with zero attached hydrogens (tertiary/aromatic N) is 2. The van der Waals surface area contributed by atoms with Crippen molar-refractivity contribution in [1.82, 2.24) is 15.2 Å². The Kier molecular flexibility index (Phi) is 7.37. The second-order valence-corrected chi connectivity index (χ2v) is 7.73. The number of imide groups is 1. The molecule has 10 heteroatoms. The van der Waals surface area contributed by atoms with Gasteiger partial charge in [0.2, 0.25) is 5.75 Å². The van der Waals surface area contributed by atoms with E-state index in [1.165, 1.54) is 27.5 Å². The molecular formula is C22H23N3O6S. The summed E-state index contributed by atoms with van der Waals surface area (Å²) >= 11 is 0.833. The van der Waals surface area contributed by atoms with Gasteiger partial charge in [0.05, 0.1) is 31.8 Å². The van der Waals surface area contributed by atoms with Crippen LogP contribution in [0, 0.1) is 6.92 Å². The molecule has 1 N–H and O–H groups in total. The van der Waals surface area contributed by atoms with Crippen LogP contribution in [-0.4, -0.2) is 61.4 Å². The summed E-state index contributed by atoms with van der Waals surface area (Å²) in [6.45, 7) is 2.01. The van der Waals surface area contributed by atoms with Gasteiger partial charge in [-0.2, -0.15) is 0 Å². The van der Waals surface area contributed by atoms with Gasteiger partial charge < -0.3 is 19.5 Å². The fourth-order valence-electron chi connectivity index (χ4n) is 3.01. The van der Waals surface area contributed by atoms with Crippen LogP contribution < -0.4 is 19.5 Å². The summed E-state index contributed by atoms with van der Waals surface area (Å²) in [5.74, 6) is 0.550. The molecule has 1 aliphatic heterocycles. The van der Waals surface area contributed by atoms with Gasteiger partial charge in [-0.05, 0) is 54.6 Å². The lowest BCUT2D eigenvalue weighted by Crippen LogP contribution is -2.37. The minimum Gasteiger partial charge on any atom is -0.493 e. The fraction of sp³-hybridized carbons (Fsp3) is 0.273. The van der Waals surface area contributed by atoms with E-state index in [-0.39, 0.29) is 23.9 Å². The highest BCUT2D eigenvalue weighted by molar-refractivity contribution is 8.18. The first-order chi connectivity index (χ1) is 15.4. The molecule has 0 atom stereocenters. The summed E-state index contributed by atoms with van der Waals surface area (Å²) in [4.78, 5) is 42.7. The van der Waals surface area contributed by atoms with E-state index in [4.69, 9.17) is 14.2 Å². The lowest BCUT2D eigenvalue weighted by Gasteiger charge is -2.13. The van der Waals surface area contributed by atoms with Gasteiger partial charge in [-0.3, -0.25) is 24.3 Å². The van der Waals surface area contributed by atoms with Gasteiger partial charge in [0.15, 0.2) is 11.5 Å². The molecule has 3 rings (SSSR count). The molecule has 3 amide bonds. The predicted molar refractivity (Wildman–Crippen MR) is 120 cm³/mol. The van der Waals surface area contributed by atoms with E-state index in [1.807, 2.05) is 6.92 Å². The molecule has 1 aliphatic rings. The van der Waals surface area contributed by atoms with Gasteiger partial charge >= 0.3 is 0 Å². The van der Waals surface area contributed by atoms with Crippen molar-refractivity contribution >= 4 is 34.9 Å². The number of hydrogen-bond donors (Lipinski definition) is 1. The molecule has 9 nitrogen and oxygen atoms in total. The van der Waals surface area contributed by atoms with Gasteiger partial charge in [-0.15, -0.1) is 0 Å². The molecular weight excluding hydrogens is 434 g/mol. The fourth-order valence-corrected chi connectivity index (χ4v) is 3.88. The van der Waals surface area contributed by atoms with Crippen LogP contribution in [-0.2, 0) is 4.79 Å². The summed E-state index contributed by atoms with van der Waals surface area (Å²) < 4.78 is 15.9. The van der Waals surface area contributed by atoms with Crippen molar-refractivity contribution < 1.29 is 28.6 Å². The third-order valence-corrected chi connectivity index (χ3v) is 5.56. The molecule has 2 aromatic rings. The second-order valence-electron chi connectivity index (χ2n) is 6.74. The predicted octanol–water partition coefficient (Wildman–Crippen LogP) is 2.88. The van der Waals surface area contributed by atoms with E-state index < -0.39 is 11.1 Å². The van der Waals surface area contributed by atoms with E-state index >= 15 is 0 Å². The molecule has 168 valence electrons. The Morgan fingerprint density at radius 2 is 1.81 bits per heavy atom. The number of carbonyl (C=O) groups is 3. The van der Waals surface area contributed by atoms with Crippen molar-refractivity contribution in [3.8, 4) is 17.2 Å². The standard InChI is InChI=1S/C22H23N3O6S/c1-13-5-6-15(12-24-13)20(26)23-7-8-25-21(27)18(32-22(25)28)11-14-9-16(29-2)19(31-4)17(10-14)30-3/h5-6,9-12H,7-8H2,1-4H3,(H,23,26)/b18-11-. The maximum absolute atomic E-state index is 12.7. The lowest BCUT2D eigenvalue weighted by molar-refractivity contribution is -0.122. The number of hydrogen-bond acceptors (Lipinski definition) is 8. The summed E-state index contributed by atoms with van der Waals surface area (Å²) in [6.07, 6.45) is 3.07. The molecule has 2 heterocycles. The molecule has 1 saturated heterocycles. The first-order valence-electron chi connectivity index (χ1n) is 9.64. The third kappa shape index (κ3) is 5.02. The highest BCUT2D eigenvalue weighted by Gasteiger charge is 2.34. The number of pyridine rings is 1. The Morgan fingerprint density at radius 3 is 2.38 bits per heavy atom. The van der Waals surface area contributed by atoms with E-state index in [1.54, 1.807) is 30.3 Å². The first kappa shape index (κ1) is 23.1. The topological polar surface area (TPSA) is 107 Å². The van der Waals surface area contributed by atoms with Gasteiger partial charge in [-0.25, -0.2) is 0 Å². The average Bonchev–Trinajstić information content (AvgIpc) is 3.05. The molecule has 0 aliphatic carbocycles. The Morgan fingerprint density at radius 1 is 1.12 bits per heavy atom. The summed E-state index contributed by atoms with van der Waals surface area (Å²) in [7, 11) is 4.49. The summed E-state index contributed by atoms with van der Waals surface area (Å²) in [5.41, 5.74) is 1.83. The van der Waals surface area contributed by atoms with Crippen LogP contribution in [0.3, 0.4) is 0 Å². The number of ether oxygens (including phenoxy) is 3. The Labute approximate surface area is 189 Å². The van der Waals surface area contributed by atoms with E-state index in [2.05, 4.69) is 10.3 Å². The maximum Gasteiger partial charge on any atom is 0.293 e. The van der Waals surface area contributed by atoms with E-state index in [0.717, 1.165) is 22.4 Å². The highest BCUT2D eigenvalue weighted by Crippen LogP contribution is 2.40. The van der Waals surface area contributed by atoms with E-state index in [9.17, 15) is 14.4 Å². The Bertz CT molecular complexity index is 1040. The smallest absolute Gasteiger partial charge is 0.293 e. The van der Waals surface area contributed by atoms with Crippen molar-refractivity contribution in [3.05, 3.63) is 52.2 Å². The molecule has 1 fully saturated rings. The molecule has 1 aromatic carbocycles. The van der Waals surface area contributed by atoms with Crippen LogP contribution in [0.4, 0.5) is 4.79 Å². The van der Waals surface area contributed by atoms with Crippen LogP contribution in [0.2, 0.25) is 0 Å². The van der Waals surface area contributed by atoms with Gasteiger partial charge in [0.25, 0.3) is 17.1 Å². The number of aromatic nitrogens is 1. The molecule has 0 bridgehead atoms. The SMILES string of the molecule is COc1cc(/C=C2\SC(=O)N(CCNC(=O)c3ccc(C)nc3)C2=O)cc(OC)c1OC. The van der Waals surface area contributed by atoms with Crippen LogP contribution in [0.1, 0.15) is 21.6 Å². The van der Waals surface area contributed by atoms with E-state index in [0.29, 0.717) is 28.4 Å². The normalized spacial score (nSPS) is 14.6. The number of amides is 3. The van der Waals surface area contributed by atoms with Crippen LogP contribution >= 0.6 is 11.8 Å². The van der Waals surface area contributed by atoms with Gasteiger partial charge in [-0.1, -0.05) is 0 Å². The molecule has 0 radical (unpaired) electrons. The molecule has 32 heavy (non-hydrogen) atoms. The number of methoxy groups -OCH3 is 3. The lowest BCUT2D eigenvalue weighted by atomic mass is 10.1. The molecule has 0 spiro atoms. The Hall–Kier alpha value is -3.53. The molecule has 0 unspecified atom stereocenters. The second kappa shape index (κ2) is 10.2. The number of thioether (sulfide) groups is 1. The zero-order chi connectivity index (χ0) is 23.3. The first-order valence-corrected chi connectivity index (χ1v) is 10.5. The highest BCUT2D eigenvalue weighted by atomic mass is 32.2. The van der Waals surface area contributed by atoms with Crippen molar-refractivity contribution in [2.45, 2.75) is 6.92 Å². The van der Waals surface area contributed by atoms with Crippen LogP contribution in [0.5, 0.6) is 17.2 Å². The average molecular weight is 458 g/mol. The van der Waals surface area contributed by atoms with Gasteiger partial charge in [0.1, 0.15) is 0 Å².